The molecule has 8 heterocycles. The Hall–Kier alpha value is -12.3. The first-order valence-corrected chi connectivity index (χ1v) is 31.2. The molecule has 3 aliphatic rings. The van der Waals surface area contributed by atoms with Crippen molar-refractivity contribution in [3.05, 3.63) is 197 Å². The monoisotopic (exact) mass is 1350 g/mol. The van der Waals surface area contributed by atoms with E-state index in [1.165, 1.54) is 79.9 Å². The van der Waals surface area contributed by atoms with Crippen molar-refractivity contribution >= 4 is 85.3 Å². The van der Waals surface area contributed by atoms with E-state index in [1.807, 2.05) is 0 Å². The van der Waals surface area contributed by atoms with Crippen LogP contribution in [0.1, 0.15) is 53.2 Å². The van der Waals surface area contributed by atoms with E-state index in [9.17, 15) is 45.8 Å². The van der Waals surface area contributed by atoms with Crippen LogP contribution in [0, 0.1) is 40.8 Å². The minimum Gasteiger partial charge on any atom is -0.389 e. The molecule has 99 heavy (non-hydrogen) atoms. The summed E-state index contributed by atoms with van der Waals surface area (Å²) in [6.45, 7) is 3.79. The van der Waals surface area contributed by atoms with Gasteiger partial charge in [0.25, 0.3) is 5.91 Å². The van der Waals surface area contributed by atoms with Crippen LogP contribution < -0.4 is 38.9 Å². The molecule has 12 N–H and O–H groups in total. The molecular weight excluding hydrogens is 1290 g/mol. The lowest BCUT2D eigenvalue weighted by molar-refractivity contribution is 0.0309. The lowest BCUT2D eigenvalue weighted by atomic mass is 10.1. The fraction of sp³-hybridized carbons (Fsp3) is 0.206. The molecule has 3 fully saturated rings. The molecule has 1 unspecified atom stereocenters. The van der Waals surface area contributed by atoms with Gasteiger partial charge < -0.3 is 53.8 Å². The average molecular weight is 1350 g/mol. The normalized spacial score (nSPS) is 14.4. The fourth-order valence-electron chi connectivity index (χ4n) is 11.4. The zero-order chi connectivity index (χ0) is 69.3. The second kappa shape index (κ2) is 27.4. The number of aliphatic hydroxyl groups excluding tert-OH is 1. The summed E-state index contributed by atoms with van der Waals surface area (Å²) in [5.74, 6) is -2.53. The molecule has 12 aromatic rings. The summed E-state index contributed by atoms with van der Waals surface area (Å²) in [5, 5.41) is 32.2. The summed E-state index contributed by atoms with van der Waals surface area (Å²) in [7, 11) is 0. The number of hydrogen-bond acceptors (Lipinski definition) is 17. The minimum absolute atomic E-state index is 0.00251. The molecule has 2 aliphatic heterocycles. The van der Waals surface area contributed by atoms with E-state index < -0.39 is 41.2 Å². The van der Waals surface area contributed by atoms with Crippen LogP contribution in [0.25, 0.3) is 67.3 Å². The van der Waals surface area contributed by atoms with Gasteiger partial charge in [0.2, 0.25) is 0 Å². The van der Waals surface area contributed by atoms with Crippen molar-refractivity contribution in [2.75, 3.05) is 59.7 Å². The van der Waals surface area contributed by atoms with E-state index in [4.69, 9.17) is 22.9 Å². The van der Waals surface area contributed by atoms with Crippen molar-refractivity contribution in [2.45, 2.75) is 58.0 Å². The number of benzene rings is 6. The topological polar surface area (TPSA) is 349 Å². The predicted octanol–water partition coefficient (Wildman–Crippen LogP) is 9.76. The molecule has 504 valence electrons. The summed E-state index contributed by atoms with van der Waals surface area (Å²) in [6, 6.07) is 31.6. The zero-order valence-electron chi connectivity index (χ0n) is 52.6. The van der Waals surface area contributed by atoms with E-state index in [-0.39, 0.29) is 137 Å². The molecule has 25 nitrogen and oxygen atoms in total. The van der Waals surface area contributed by atoms with E-state index in [0.29, 0.717) is 63.1 Å². The molecule has 6 aromatic heterocycles. The second-order valence-corrected chi connectivity index (χ2v) is 23.9. The van der Waals surface area contributed by atoms with Gasteiger partial charge in [-0.25, -0.2) is 65.8 Å². The highest BCUT2D eigenvalue weighted by atomic mass is 19.1. The SMILES string of the molecule is CC1CCN(C(=O)Nc2c(N)nc(-c3nn(Cc4ccccc4F)c4c(F)cccc34)nc2N)C1.Nc1nc(-c2nn(Cc3ccccc3F)c3c(F)cccc23)nc(N)c1NC(=O)N1CC(O)C1.O=C(NC1CC1)c1cnc(-c2nn(Cc3ccccc3F)c3c(F)cccc23)nc1. The van der Waals surface area contributed by atoms with E-state index in [0.717, 1.165) is 19.3 Å². The maximum absolute atomic E-state index is 14.8. The number of para-hydroxylation sites is 3. The standard InChI is InChI=1S/C24H24F2N8O.C22H20F2N8O2.C22H17F2N5O/c1-13-9-10-33(11-13)24(35)29-19-21(27)30-23(31-22(19)28)18-15-6-4-8-17(26)20(15)34(32-18)12-14-5-2-3-7-16(14)25;23-14-6-2-1-4-11(14)8-32-18-13(5-3-7-15(18)24)16(30-32)21-28-19(25)17(20(26)29-21)27-22(34)31-9-12(33)10-31;23-17-6-2-1-4-13(17)12-29-20-16(5-3-7-18(20)24)19(28-29)21-25-10-14(11-26-21)22(30)27-15-8-9-15/h2-8,13H,9-12H2,1H3,(H,29,35)(H4,27,28,30,31);1-7,12,33H,8-10H2,(H,27,34)(H4,25,26,28,29);1-7,10-11,15H,8-9,12H2,(H,27,30). The third kappa shape index (κ3) is 13.8. The zero-order valence-corrected chi connectivity index (χ0v) is 52.6. The van der Waals surface area contributed by atoms with Gasteiger partial charge >= 0.3 is 12.1 Å². The summed E-state index contributed by atoms with van der Waals surface area (Å²) >= 11 is 0. The molecule has 31 heteroatoms. The van der Waals surface area contributed by atoms with Gasteiger partial charge in [-0.1, -0.05) is 97.9 Å². The van der Waals surface area contributed by atoms with Crippen LogP contribution in [-0.4, -0.2) is 130 Å². The van der Waals surface area contributed by atoms with Gasteiger partial charge in [0.05, 0.1) is 44.4 Å². The van der Waals surface area contributed by atoms with Gasteiger partial charge in [0.1, 0.15) is 79.9 Å². The maximum Gasteiger partial charge on any atom is 0.322 e. The number of fused-ring (bicyclic) bond motifs is 3. The molecule has 0 bridgehead atoms. The van der Waals surface area contributed by atoms with Gasteiger partial charge in [-0.05, 0) is 61.6 Å². The number of amides is 5. The molecule has 2 saturated heterocycles. The van der Waals surface area contributed by atoms with Gasteiger partial charge in [0, 0.05) is 64.4 Å². The first kappa shape index (κ1) is 65.4. The van der Waals surface area contributed by atoms with E-state index in [1.54, 1.807) is 83.8 Å². The number of carbonyl (C=O) groups is 3. The van der Waals surface area contributed by atoms with Crippen molar-refractivity contribution in [1.82, 2.24) is 74.4 Å². The largest absolute Gasteiger partial charge is 0.389 e. The van der Waals surface area contributed by atoms with Crippen LogP contribution in [0.4, 0.5) is 70.6 Å². The van der Waals surface area contributed by atoms with Gasteiger partial charge in [-0.15, -0.1) is 0 Å². The number of nitrogen functional groups attached to an aromatic ring is 4. The molecule has 1 saturated carbocycles. The highest BCUT2D eigenvalue weighted by molar-refractivity contribution is 6.00. The molecule has 1 aliphatic carbocycles. The number of anilines is 6. The highest BCUT2D eigenvalue weighted by Gasteiger charge is 2.32. The number of carbonyl (C=O) groups excluding carboxylic acids is 3. The smallest absolute Gasteiger partial charge is 0.322 e. The van der Waals surface area contributed by atoms with Crippen molar-refractivity contribution in [1.29, 1.82) is 0 Å². The van der Waals surface area contributed by atoms with Crippen LogP contribution in [0.2, 0.25) is 0 Å². The number of urea groups is 2. The van der Waals surface area contributed by atoms with Gasteiger partial charge in [-0.2, -0.15) is 15.3 Å². The molecule has 6 aromatic carbocycles. The van der Waals surface area contributed by atoms with Crippen molar-refractivity contribution in [3.63, 3.8) is 0 Å². The number of β-amino-alcohol motifs (C(OH)–C–C–N with tert-alkyl or cyclic N) is 1. The number of nitrogens with two attached hydrogens (primary N) is 4. The van der Waals surface area contributed by atoms with Gasteiger partial charge in [-0.3, -0.25) is 18.8 Å². The Morgan fingerprint density at radius 3 is 1.19 bits per heavy atom. The Balaban J connectivity index is 0.000000134. The van der Waals surface area contributed by atoms with Crippen molar-refractivity contribution in [3.8, 4) is 34.6 Å². The third-order valence-electron chi connectivity index (χ3n) is 16.7. The number of likely N-dealkylation sites (tertiary alicyclic amines) is 2. The Labute approximate surface area is 558 Å². The van der Waals surface area contributed by atoms with Gasteiger partial charge in [0.15, 0.2) is 40.7 Å². The first-order valence-electron chi connectivity index (χ1n) is 31.2. The van der Waals surface area contributed by atoms with E-state index in [2.05, 4.69) is 68.1 Å². The minimum atomic E-state index is -0.563. The molecule has 0 spiro atoms. The number of halogens is 6. The van der Waals surface area contributed by atoms with Crippen LogP contribution >= 0.6 is 0 Å². The number of aromatic nitrogens is 12. The lowest BCUT2D eigenvalue weighted by Crippen LogP contribution is -2.55. The highest BCUT2D eigenvalue weighted by Crippen LogP contribution is 2.36. The number of nitrogens with zero attached hydrogens (tertiary/aromatic N) is 14. The van der Waals surface area contributed by atoms with Crippen LogP contribution in [0.5, 0.6) is 0 Å². The summed E-state index contributed by atoms with van der Waals surface area (Å²) in [4.78, 5) is 65.6. The van der Waals surface area contributed by atoms with Crippen LogP contribution in [0.15, 0.2) is 140 Å². The fourth-order valence-corrected chi connectivity index (χ4v) is 11.4. The third-order valence-corrected chi connectivity index (χ3v) is 16.7. The quantitative estimate of drug-likeness (QED) is 0.0498. The Morgan fingerprint density at radius 2 is 0.838 bits per heavy atom. The summed E-state index contributed by atoms with van der Waals surface area (Å²) < 4.78 is 90.9. The Kier molecular flexibility index (Phi) is 18.1. The molecule has 1 atom stereocenters. The lowest BCUT2D eigenvalue weighted by Gasteiger charge is -2.35. The molecule has 5 amide bonds. The Morgan fingerprint density at radius 1 is 0.475 bits per heavy atom. The second-order valence-electron chi connectivity index (χ2n) is 23.9. The number of nitrogens with one attached hydrogen (secondary N) is 3. The molecule has 0 radical (unpaired) electrons. The summed E-state index contributed by atoms with van der Waals surface area (Å²) in [6.07, 6.45) is 5.20. The number of hydrogen-bond donors (Lipinski definition) is 8. The first-order chi connectivity index (χ1) is 47.7. The van der Waals surface area contributed by atoms with Crippen molar-refractivity contribution in [2.24, 2.45) is 5.92 Å². The van der Waals surface area contributed by atoms with Crippen molar-refractivity contribution < 1.29 is 45.8 Å². The Bertz CT molecular complexity index is 5050. The van der Waals surface area contributed by atoms with Crippen LogP contribution in [0.3, 0.4) is 0 Å². The molecule has 15 rings (SSSR count). The van der Waals surface area contributed by atoms with E-state index >= 15 is 0 Å². The predicted molar refractivity (Wildman–Crippen MR) is 358 cm³/mol. The number of aliphatic hydroxyl groups is 1. The summed E-state index contributed by atoms with van der Waals surface area (Å²) in [5.41, 5.74) is 27.3. The van der Waals surface area contributed by atoms with Crippen LogP contribution in [-0.2, 0) is 19.6 Å². The maximum atomic E-state index is 14.8. The average Bonchev–Trinajstić information content (AvgIpc) is 1.58. The molecular formula is C68H61F6N21O4. The number of rotatable bonds is 13.